The Morgan fingerprint density at radius 3 is 2.75 bits per heavy atom. The highest BCUT2D eigenvalue weighted by atomic mass is 79.9. The number of benzene rings is 1. The summed E-state index contributed by atoms with van der Waals surface area (Å²) in [6.07, 6.45) is 2.83. The van der Waals surface area contributed by atoms with Crippen LogP contribution in [0, 0.1) is 5.92 Å². The fraction of sp³-hybridized carbons (Fsp3) is 0.538. The molecule has 1 aromatic rings. The zero-order chi connectivity index (χ0) is 11.5. The van der Waals surface area contributed by atoms with Crippen LogP contribution in [-0.4, -0.2) is 25.6 Å². The predicted molar refractivity (Wildman–Crippen MR) is 69.8 cm³/mol. The van der Waals surface area contributed by atoms with Gasteiger partial charge in [0.2, 0.25) is 0 Å². The molecule has 88 valence electrons. The Hall–Kier alpha value is -0.540. The Bertz CT molecular complexity index is 363. The van der Waals surface area contributed by atoms with Crippen molar-refractivity contribution in [1.82, 2.24) is 4.90 Å². The first-order valence-electron chi connectivity index (χ1n) is 5.70. The highest BCUT2D eigenvalue weighted by Gasteiger charge is 2.22. The first-order chi connectivity index (χ1) is 7.69. The van der Waals surface area contributed by atoms with Crippen molar-refractivity contribution in [2.45, 2.75) is 19.4 Å². The molecule has 1 aliphatic carbocycles. The summed E-state index contributed by atoms with van der Waals surface area (Å²) in [5.74, 6) is 1.85. The van der Waals surface area contributed by atoms with Crippen LogP contribution >= 0.6 is 15.9 Å². The summed E-state index contributed by atoms with van der Waals surface area (Å²) in [4.78, 5) is 2.39. The summed E-state index contributed by atoms with van der Waals surface area (Å²) in [6.45, 7) is 2.24. The van der Waals surface area contributed by atoms with E-state index in [1.54, 1.807) is 7.11 Å². The number of methoxy groups -OCH3 is 1. The molecule has 1 aromatic carbocycles. The first kappa shape index (κ1) is 11.9. The van der Waals surface area contributed by atoms with Gasteiger partial charge >= 0.3 is 0 Å². The van der Waals surface area contributed by atoms with Crippen molar-refractivity contribution in [3.63, 3.8) is 0 Å². The van der Waals surface area contributed by atoms with E-state index in [9.17, 15) is 0 Å². The third kappa shape index (κ3) is 3.22. The lowest BCUT2D eigenvalue weighted by atomic mass is 10.2. The number of nitrogens with zero attached hydrogens (tertiary/aromatic N) is 1. The second-order valence-electron chi connectivity index (χ2n) is 4.61. The quantitative estimate of drug-likeness (QED) is 0.822. The molecule has 0 aromatic heterocycles. The number of hydrogen-bond acceptors (Lipinski definition) is 2. The molecule has 1 saturated carbocycles. The molecule has 0 bridgehead atoms. The molecule has 3 heteroatoms. The number of hydrogen-bond donors (Lipinski definition) is 0. The minimum absolute atomic E-state index is 0.897. The topological polar surface area (TPSA) is 12.5 Å². The van der Waals surface area contributed by atoms with Gasteiger partial charge in [-0.1, -0.05) is 6.07 Å². The molecule has 0 N–H and O–H groups in total. The van der Waals surface area contributed by atoms with Gasteiger partial charge in [-0.15, -0.1) is 0 Å². The predicted octanol–water partition coefficient (Wildman–Crippen LogP) is 3.30. The molecule has 0 heterocycles. The van der Waals surface area contributed by atoms with Crippen LogP contribution in [0.1, 0.15) is 18.4 Å². The lowest BCUT2D eigenvalue weighted by Gasteiger charge is -2.16. The van der Waals surface area contributed by atoms with Crippen molar-refractivity contribution in [1.29, 1.82) is 0 Å². The second kappa shape index (κ2) is 5.19. The molecular formula is C13H18BrNO. The van der Waals surface area contributed by atoms with E-state index in [0.717, 1.165) is 22.7 Å². The average Bonchev–Trinajstić information content (AvgIpc) is 3.01. The lowest BCUT2D eigenvalue weighted by molar-refractivity contribution is 0.313. The monoisotopic (exact) mass is 283 g/mol. The van der Waals surface area contributed by atoms with Gasteiger partial charge in [-0.25, -0.2) is 0 Å². The molecule has 0 aliphatic heterocycles. The zero-order valence-corrected chi connectivity index (χ0v) is 11.5. The standard InChI is InChI=1S/C13H18BrNO/c1-15(8-10-3-4-10)9-11-5-6-13(16-2)12(14)7-11/h5-7,10H,3-4,8-9H2,1-2H3. The van der Waals surface area contributed by atoms with Crippen molar-refractivity contribution in [2.24, 2.45) is 5.92 Å². The van der Waals surface area contributed by atoms with Crippen molar-refractivity contribution in [3.8, 4) is 5.75 Å². The molecule has 0 radical (unpaired) electrons. The summed E-state index contributed by atoms with van der Waals surface area (Å²) in [7, 11) is 3.88. The fourth-order valence-electron chi connectivity index (χ4n) is 1.93. The van der Waals surface area contributed by atoms with Gasteiger partial charge < -0.3 is 9.64 Å². The minimum Gasteiger partial charge on any atom is -0.496 e. The van der Waals surface area contributed by atoms with E-state index < -0.39 is 0 Å². The molecule has 0 spiro atoms. The highest BCUT2D eigenvalue weighted by molar-refractivity contribution is 9.10. The van der Waals surface area contributed by atoms with Crippen molar-refractivity contribution in [3.05, 3.63) is 28.2 Å². The fourth-order valence-corrected chi connectivity index (χ4v) is 2.51. The molecule has 0 amide bonds. The van der Waals surface area contributed by atoms with Crippen LogP contribution in [0.4, 0.5) is 0 Å². The molecule has 0 atom stereocenters. The van der Waals surface area contributed by atoms with Crippen LogP contribution in [0.3, 0.4) is 0 Å². The van der Waals surface area contributed by atoms with Gasteiger partial charge in [-0.3, -0.25) is 0 Å². The third-order valence-corrected chi connectivity index (χ3v) is 3.56. The van der Waals surface area contributed by atoms with Crippen molar-refractivity contribution in [2.75, 3.05) is 20.7 Å². The van der Waals surface area contributed by atoms with Crippen LogP contribution < -0.4 is 4.74 Å². The van der Waals surface area contributed by atoms with E-state index in [-0.39, 0.29) is 0 Å². The van der Waals surface area contributed by atoms with Crippen molar-refractivity contribution >= 4 is 15.9 Å². The summed E-state index contributed by atoms with van der Waals surface area (Å²) >= 11 is 3.52. The van der Waals surface area contributed by atoms with Gasteiger partial charge in [0.05, 0.1) is 11.6 Å². The molecular weight excluding hydrogens is 266 g/mol. The van der Waals surface area contributed by atoms with Crippen LogP contribution in [0.15, 0.2) is 22.7 Å². The first-order valence-corrected chi connectivity index (χ1v) is 6.49. The number of ether oxygens (including phenoxy) is 1. The molecule has 1 fully saturated rings. The van der Waals surface area contributed by atoms with Gasteiger partial charge in [-0.2, -0.15) is 0 Å². The molecule has 16 heavy (non-hydrogen) atoms. The molecule has 0 unspecified atom stereocenters. The molecule has 2 nitrogen and oxygen atoms in total. The highest BCUT2D eigenvalue weighted by Crippen LogP contribution is 2.30. The SMILES string of the molecule is COc1ccc(CN(C)CC2CC2)cc1Br. The maximum absolute atomic E-state index is 5.22. The van der Waals surface area contributed by atoms with Gasteiger partial charge in [0.1, 0.15) is 5.75 Å². The Morgan fingerprint density at radius 2 is 2.19 bits per heavy atom. The summed E-state index contributed by atoms with van der Waals surface area (Å²) < 4.78 is 6.25. The molecule has 0 saturated heterocycles. The van der Waals surface area contributed by atoms with Crippen molar-refractivity contribution < 1.29 is 4.74 Å². The van der Waals surface area contributed by atoms with Crippen LogP contribution in [0.25, 0.3) is 0 Å². The summed E-state index contributed by atoms with van der Waals surface area (Å²) in [6, 6.07) is 6.29. The van der Waals surface area contributed by atoms with E-state index in [1.807, 2.05) is 6.07 Å². The van der Waals surface area contributed by atoms with Gasteiger partial charge in [0, 0.05) is 13.1 Å². The average molecular weight is 284 g/mol. The van der Waals surface area contributed by atoms with Gasteiger partial charge in [0.25, 0.3) is 0 Å². The van der Waals surface area contributed by atoms with E-state index >= 15 is 0 Å². The zero-order valence-electron chi connectivity index (χ0n) is 9.87. The smallest absolute Gasteiger partial charge is 0.133 e. The normalized spacial score (nSPS) is 15.5. The van der Waals surface area contributed by atoms with E-state index in [1.165, 1.54) is 24.9 Å². The van der Waals surface area contributed by atoms with Crippen LogP contribution in [0.5, 0.6) is 5.75 Å². The maximum atomic E-state index is 5.22. The Morgan fingerprint density at radius 1 is 1.44 bits per heavy atom. The van der Waals surface area contributed by atoms with Gasteiger partial charge in [-0.05, 0) is 59.4 Å². The summed E-state index contributed by atoms with van der Waals surface area (Å²) in [5, 5.41) is 0. The van der Waals surface area contributed by atoms with E-state index in [0.29, 0.717) is 0 Å². The van der Waals surface area contributed by atoms with Gasteiger partial charge in [0.15, 0.2) is 0 Å². The maximum Gasteiger partial charge on any atom is 0.133 e. The van der Waals surface area contributed by atoms with Crippen LogP contribution in [0.2, 0.25) is 0 Å². The summed E-state index contributed by atoms with van der Waals surface area (Å²) in [5.41, 5.74) is 1.33. The number of halogens is 1. The van der Waals surface area contributed by atoms with E-state index in [2.05, 4.69) is 40.0 Å². The Kier molecular flexibility index (Phi) is 3.87. The molecule has 2 rings (SSSR count). The largest absolute Gasteiger partial charge is 0.496 e. The van der Waals surface area contributed by atoms with E-state index in [4.69, 9.17) is 4.74 Å². The molecule has 1 aliphatic rings. The Labute approximate surface area is 106 Å². The van der Waals surface area contributed by atoms with Crippen LogP contribution in [-0.2, 0) is 6.54 Å². The third-order valence-electron chi connectivity index (χ3n) is 2.94. The minimum atomic E-state index is 0.897. The second-order valence-corrected chi connectivity index (χ2v) is 5.46. The number of rotatable bonds is 5. The lowest BCUT2D eigenvalue weighted by Crippen LogP contribution is -2.20. The Balaban J connectivity index is 1.95.